The number of hydrogen-bond donors (Lipinski definition) is 0. The summed E-state index contributed by atoms with van der Waals surface area (Å²) >= 11 is 5.25. The van der Waals surface area contributed by atoms with Crippen molar-refractivity contribution in [3.8, 4) is 0 Å². The van der Waals surface area contributed by atoms with Gasteiger partial charge in [0, 0.05) is 6.42 Å². The van der Waals surface area contributed by atoms with Gasteiger partial charge in [0.2, 0.25) is 5.24 Å². The minimum absolute atomic E-state index is 0.288. The molecule has 12 heavy (non-hydrogen) atoms. The Balaban J connectivity index is 4.32. The van der Waals surface area contributed by atoms with Gasteiger partial charge in [-0.2, -0.15) is 0 Å². The predicted octanol–water partition coefficient (Wildman–Crippen LogP) is 3.22. The lowest BCUT2D eigenvalue weighted by Gasteiger charge is -1.93. The molecule has 0 aliphatic heterocycles. The van der Waals surface area contributed by atoms with E-state index in [-0.39, 0.29) is 11.7 Å². The molecule has 0 aromatic heterocycles. The summed E-state index contributed by atoms with van der Waals surface area (Å²) in [6.07, 6.45) is 9.71. The lowest BCUT2D eigenvalue weighted by Crippen LogP contribution is -1.87. The Morgan fingerprint density at radius 3 is 2.42 bits per heavy atom. The molecule has 0 bridgehead atoms. The van der Waals surface area contributed by atoms with Crippen LogP contribution in [-0.4, -0.2) is 5.24 Å². The first kappa shape index (κ1) is 11.2. The van der Waals surface area contributed by atoms with Crippen molar-refractivity contribution in [1.82, 2.24) is 0 Å². The second kappa shape index (κ2) is 6.86. The highest BCUT2D eigenvalue weighted by molar-refractivity contribution is 6.63. The average molecular weight is 185 g/mol. The lowest BCUT2D eigenvalue weighted by atomic mass is 10.1. The fraction of sp³-hybridized carbons (Fsp3) is 0.300. The van der Waals surface area contributed by atoms with Crippen LogP contribution in [0.15, 0.2) is 36.0 Å². The third kappa shape index (κ3) is 5.93. The van der Waals surface area contributed by atoms with Crippen LogP contribution < -0.4 is 0 Å². The van der Waals surface area contributed by atoms with Gasteiger partial charge in [0.15, 0.2) is 0 Å². The van der Waals surface area contributed by atoms with E-state index in [9.17, 15) is 4.79 Å². The third-order valence-corrected chi connectivity index (χ3v) is 1.36. The normalized spacial score (nSPS) is 13.1. The van der Waals surface area contributed by atoms with Crippen LogP contribution in [0.4, 0.5) is 0 Å². The smallest absolute Gasteiger partial charge is 0.226 e. The van der Waals surface area contributed by atoms with E-state index >= 15 is 0 Å². The summed E-state index contributed by atoms with van der Waals surface area (Å²) in [5, 5.41) is -0.330. The van der Waals surface area contributed by atoms with Crippen LogP contribution in [0.5, 0.6) is 0 Å². The number of allylic oxidation sites excluding steroid dienone is 6. The molecular formula is C10H13ClO. The molecule has 0 aromatic carbocycles. The molecule has 0 aliphatic rings. The van der Waals surface area contributed by atoms with Crippen LogP contribution in [0, 0.1) is 0 Å². The molecule has 0 fully saturated rings. The van der Waals surface area contributed by atoms with Crippen molar-refractivity contribution in [3.63, 3.8) is 0 Å². The first-order valence-corrected chi connectivity index (χ1v) is 4.21. The van der Waals surface area contributed by atoms with Crippen molar-refractivity contribution in [2.24, 2.45) is 0 Å². The van der Waals surface area contributed by atoms with Crippen LogP contribution in [0.25, 0.3) is 0 Å². The van der Waals surface area contributed by atoms with E-state index in [0.717, 1.165) is 5.57 Å². The molecule has 0 rings (SSSR count). The Kier molecular flexibility index (Phi) is 6.39. The van der Waals surface area contributed by atoms with Gasteiger partial charge in [-0.1, -0.05) is 30.4 Å². The van der Waals surface area contributed by atoms with Crippen LogP contribution >= 0.6 is 11.6 Å². The maximum absolute atomic E-state index is 10.6. The fourth-order valence-corrected chi connectivity index (χ4v) is 0.922. The summed E-state index contributed by atoms with van der Waals surface area (Å²) in [5.74, 6) is 0. The number of carbonyl (C=O) groups excluding carboxylic acids is 1. The molecule has 66 valence electrons. The van der Waals surface area contributed by atoms with Gasteiger partial charge in [0.1, 0.15) is 0 Å². The standard InChI is InChI=1S/C10H13ClO/c1-3-5-7-9(6-4-2)8-10(11)12/h3-7H,8H2,1-2H3/b5-3-,6-4-,9-7+. The molecule has 0 aliphatic carbocycles. The van der Waals surface area contributed by atoms with E-state index in [1.807, 2.05) is 44.2 Å². The predicted molar refractivity (Wildman–Crippen MR) is 53.2 cm³/mol. The van der Waals surface area contributed by atoms with Gasteiger partial charge in [-0.05, 0) is 31.0 Å². The summed E-state index contributed by atoms with van der Waals surface area (Å²) in [6, 6.07) is 0. The van der Waals surface area contributed by atoms with E-state index in [1.54, 1.807) is 0 Å². The molecule has 0 unspecified atom stereocenters. The Hall–Kier alpha value is -0.820. The van der Waals surface area contributed by atoms with Crippen molar-refractivity contribution >= 4 is 16.8 Å². The first-order valence-electron chi connectivity index (χ1n) is 3.83. The summed E-state index contributed by atoms with van der Waals surface area (Å²) < 4.78 is 0. The van der Waals surface area contributed by atoms with Crippen molar-refractivity contribution < 1.29 is 4.79 Å². The Morgan fingerprint density at radius 2 is 2.00 bits per heavy atom. The summed E-state index contributed by atoms with van der Waals surface area (Å²) in [7, 11) is 0. The molecule has 1 nitrogen and oxygen atoms in total. The molecule has 0 N–H and O–H groups in total. The van der Waals surface area contributed by atoms with E-state index in [1.165, 1.54) is 0 Å². The largest absolute Gasteiger partial charge is 0.281 e. The molecule has 0 amide bonds. The lowest BCUT2D eigenvalue weighted by molar-refractivity contribution is -0.111. The van der Waals surface area contributed by atoms with Crippen LogP contribution in [-0.2, 0) is 4.79 Å². The Bertz CT molecular complexity index is 224. The summed E-state index contributed by atoms with van der Waals surface area (Å²) in [6.45, 7) is 3.83. The van der Waals surface area contributed by atoms with Crippen molar-refractivity contribution in [3.05, 3.63) is 36.0 Å². The van der Waals surface area contributed by atoms with Gasteiger partial charge >= 0.3 is 0 Å². The molecular weight excluding hydrogens is 172 g/mol. The first-order chi connectivity index (χ1) is 5.70. The van der Waals surface area contributed by atoms with Gasteiger partial charge in [-0.15, -0.1) is 0 Å². The van der Waals surface area contributed by atoms with Gasteiger partial charge in [-0.25, -0.2) is 0 Å². The van der Waals surface area contributed by atoms with Crippen LogP contribution in [0.2, 0.25) is 0 Å². The van der Waals surface area contributed by atoms with Crippen LogP contribution in [0.3, 0.4) is 0 Å². The highest BCUT2D eigenvalue weighted by Crippen LogP contribution is 2.06. The Labute approximate surface area is 78.4 Å². The second-order valence-electron chi connectivity index (χ2n) is 2.30. The summed E-state index contributed by atoms with van der Waals surface area (Å²) in [5.41, 5.74) is 0.926. The number of hydrogen-bond acceptors (Lipinski definition) is 1. The van der Waals surface area contributed by atoms with Crippen molar-refractivity contribution in [2.45, 2.75) is 20.3 Å². The SMILES string of the molecule is C\C=C/C=C(\C=C/C)CC(=O)Cl. The minimum Gasteiger partial charge on any atom is -0.281 e. The van der Waals surface area contributed by atoms with Crippen molar-refractivity contribution in [1.29, 1.82) is 0 Å². The zero-order valence-electron chi connectivity index (χ0n) is 7.38. The van der Waals surface area contributed by atoms with Gasteiger partial charge in [-0.3, -0.25) is 4.79 Å². The fourth-order valence-electron chi connectivity index (χ4n) is 0.768. The minimum atomic E-state index is -0.330. The maximum Gasteiger partial charge on any atom is 0.226 e. The molecule has 0 heterocycles. The highest BCUT2D eigenvalue weighted by Gasteiger charge is 1.97. The molecule has 0 radical (unpaired) electrons. The number of rotatable bonds is 4. The number of halogens is 1. The maximum atomic E-state index is 10.6. The molecule has 0 saturated heterocycles. The summed E-state index contributed by atoms with van der Waals surface area (Å²) in [4.78, 5) is 10.6. The van der Waals surface area contributed by atoms with Gasteiger partial charge in [0.25, 0.3) is 0 Å². The van der Waals surface area contributed by atoms with E-state index in [0.29, 0.717) is 0 Å². The molecule has 2 heteroatoms. The molecule has 0 aromatic rings. The van der Waals surface area contributed by atoms with E-state index < -0.39 is 0 Å². The molecule has 0 atom stereocenters. The van der Waals surface area contributed by atoms with Crippen LogP contribution in [0.1, 0.15) is 20.3 Å². The van der Waals surface area contributed by atoms with Crippen molar-refractivity contribution in [2.75, 3.05) is 0 Å². The monoisotopic (exact) mass is 184 g/mol. The quantitative estimate of drug-likeness (QED) is 0.484. The average Bonchev–Trinajstić information content (AvgIpc) is 2.00. The van der Waals surface area contributed by atoms with E-state index in [4.69, 9.17) is 11.6 Å². The highest BCUT2D eigenvalue weighted by atomic mass is 35.5. The van der Waals surface area contributed by atoms with Gasteiger partial charge < -0.3 is 0 Å². The second-order valence-corrected chi connectivity index (χ2v) is 2.72. The molecule has 0 spiro atoms. The van der Waals surface area contributed by atoms with E-state index in [2.05, 4.69) is 0 Å². The zero-order valence-corrected chi connectivity index (χ0v) is 8.14. The zero-order chi connectivity index (χ0) is 9.40. The number of carbonyl (C=O) groups is 1. The topological polar surface area (TPSA) is 17.1 Å². The third-order valence-electron chi connectivity index (χ3n) is 1.23. The molecule has 0 saturated carbocycles. The Morgan fingerprint density at radius 1 is 1.33 bits per heavy atom. The van der Waals surface area contributed by atoms with Gasteiger partial charge in [0.05, 0.1) is 0 Å².